The van der Waals surface area contributed by atoms with Crippen LogP contribution in [0.2, 0.25) is 0 Å². The van der Waals surface area contributed by atoms with Crippen molar-refractivity contribution >= 4 is 17.0 Å². The number of fused-ring (bicyclic) bond motifs is 1. The van der Waals surface area contributed by atoms with Gasteiger partial charge in [-0.2, -0.15) is 0 Å². The standard InChI is InChI=1S/C21H31N3O2/c1-14-17-8-6-7-9-18(17)26-19(14)15(2)22-20(25)23-16-10-12-24(13-11-16)21(3,4)5/h6-9,15-16H,10-13H2,1-5H3,(H2,22,23,25). The van der Waals surface area contributed by atoms with E-state index in [1.165, 1.54) is 0 Å². The van der Waals surface area contributed by atoms with E-state index in [1.807, 2.05) is 38.1 Å². The minimum atomic E-state index is -0.169. The molecule has 1 unspecified atom stereocenters. The summed E-state index contributed by atoms with van der Waals surface area (Å²) in [6.07, 6.45) is 1.98. The van der Waals surface area contributed by atoms with Crippen LogP contribution in [0.4, 0.5) is 4.79 Å². The number of hydrogen-bond donors (Lipinski definition) is 2. The van der Waals surface area contributed by atoms with Crippen LogP contribution in [0.3, 0.4) is 0 Å². The first-order valence-electron chi connectivity index (χ1n) is 9.56. The number of carbonyl (C=O) groups is 1. The molecule has 0 saturated carbocycles. The van der Waals surface area contributed by atoms with Gasteiger partial charge in [0.2, 0.25) is 0 Å². The highest BCUT2D eigenvalue weighted by molar-refractivity contribution is 5.82. The van der Waals surface area contributed by atoms with Crippen molar-refractivity contribution in [3.05, 3.63) is 35.6 Å². The molecule has 1 fully saturated rings. The summed E-state index contributed by atoms with van der Waals surface area (Å²) >= 11 is 0. The summed E-state index contributed by atoms with van der Waals surface area (Å²) in [6, 6.07) is 7.92. The number of likely N-dealkylation sites (tertiary alicyclic amines) is 1. The minimum Gasteiger partial charge on any atom is -0.459 e. The lowest BCUT2D eigenvalue weighted by Crippen LogP contribution is -2.52. The van der Waals surface area contributed by atoms with Gasteiger partial charge in [-0.25, -0.2) is 4.79 Å². The molecule has 1 aromatic heterocycles. The number of rotatable bonds is 3. The van der Waals surface area contributed by atoms with Gasteiger partial charge in [0.05, 0.1) is 6.04 Å². The molecule has 0 aliphatic carbocycles. The second-order valence-electron chi connectivity index (χ2n) is 8.36. The molecule has 1 aromatic carbocycles. The van der Waals surface area contributed by atoms with Gasteiger partial charge in [0.15, 0.2) is 0 Å². The lowest BCUT2D eigenvalue weighted by molar-refractivity contribution is 0.0977. The van der Waals surface area contributed by atoms with E-state index in [1.54, 1.807) is 0 Å². The van der Waals surface area contributed by atoms with Gasteiger partial charge < -0.3 is 15.1 Å². The van der Waals surface area contributed by atoms with E-state index in [0.717, 1.165) is 48.2 Å². The predicted octanol–water partition coefficient (Wildman–Crippen LogP) is 4.36. The maximum atomic E-state index is 12.4. The summed E-state index contributed by atoms with van der Waals surface area (Å²) in [5, 5.41) is 7.26. The number of carbonyl (C=O) groups excluding carboxylic acids is 1. The fourth-order valence-electron chi connectivity index (χ4n) is 3.79. The van der Waals surface area contributed by atoms with Crippen LogP contribution in [0.15, 0.2) is 28.7 Å². The first kappa shape index (κ1) is 18.8. The van der Waals surface area contributed by atoms with Crippen LogP contribution in [-0.4, -0.2) is 35.6 Å². The number of furan rings is 1. The maximum absolute atomic E-state index is 12.4. The van der Waals surface area contributed by atoms with Crippen molar-refractivity contribution in [3.63, 3.8) is 0 Å². The lowest BCUT2D eigenvalue weighted by atomic mass is 9.98. The molecule has 1 saturated heterocycles. The summed E-state index contributed by atoms with van der Waals surface area (Å²) in [4.78, 5) is 14.9. The Morgan fingerprint density at radius 1 is 1.23 bits per heavy atom. The maximum Gasteiger partial charge on any atom is 0.315 e. The summed E-state index contributed by atoms with van der Waals surface area (Å²) in [5.41, 5.74) is 2.15. The van der Waals surface area contributed by atoms with Crippen molar-refractivity contribution in [2.45, 2.75) is 65.1 Å². The zero-order valence-corrected chi connectivity index (χ0v) is 16.6. The third kappa shape index (κ3) is 4.04. The number of para-hydroxylation sites is 1. The van der Waals surface area contributed by atoms with Crippen molar-refractivity contribution in [2.24, 2.45) is 0 Å². The quantitative estimate of drug-likeness (QED) is 0.858. The van der Waals surface area contributed by atoms with Gasteiger partial charge in [0.25, 0.3) is 0 Å². The second kappa shape index (κ2) is 7.31. The van der Waals surface area contributed by atoms with Crippen molar-refractivity contribution in [2.75, 3.05) is 13.1 Å². The number of aryl methyl sites for hydroxylation is 1. The van der Waals surface area contributed by atoms with Gasteiger partial charge in [0.1, 0.15) is 11.3 Å². The largest absolute Gasteiger partial charge is 0.459 e. The molecular weight excluding hydrogens is 326 g/mol. The molecule has 2 heterocycles. The van der Waals surface area contributed by atoms with Crippen LogP contribution in [0, 0.1) is 6.92 Å². The van der Waals surface area contributed by atoms with E-state index in [9.17, 15) is 4.79 Å². The topological polar surface area (TPSA) is 57.5 Å². The highest BCUT2D eigenvalue weighted by Crippen LogP contribution is 2.29. The first-order chi connectivity index (χ1) is 12.3. The van der Waals surface area contributed by atoms with Gasteiger partial charge in [-0.15, -0.1) is 0 Å². The average molecular weight is 357 g/mol. The molecule has 142 valence electrons. The Hall–Kier alpha value is -2.01. The van der Waals surface area contributed by atoms with Gasteiger partial charge in [0, 0.05) is 35.6 Å². The third-order valence-electron chi connectivity index (χ3n) is 5.40. The fraction of sp³-hybridized carbons (Fsp3) is 0.571. The predicted molar refractivity (Wildman–Crippen MR) is 105 cm³/mol. The van der Waals surface area contributed by atoms with Crippen molar-refractivity contribution in [1.29, 1.82) is 0 Å². The van der Waals surface area contributed by atoms with Crippen molar-refractivity contribution < 1.29 is 9.21 Å². The molecule has 5 heteroatoms. The second-order valence-corrected chi connectivity index (χ2v) is 8.36. The molecular formula is C21H31N3O2. The number of benzene rings is 1. The molecule has 0 bridgehead atoms. The van der Waals surface area contributed by atoms with E-state index >= 15 is 0 Å². The van der Waals surface area contributed by atoms with Crippen molar-refractivity contribution in [1.82, 2.24) is 15.5 Å². The number of amides is 2. The molecule has 3 rings (SSSR count). The van der Waals surface area contributed by atoms with Crippen molar-refractivity contribution in [3.8, 4) is 0 Å². The number of urea groups is 1. The normalized spacial score (nSPS) is 18.0. The van der Waals surface area contributed by atoms with Gasteiger partial charge in [-0.3, -0.25) is 4.90 Å². The smallest absolute Gasteiger partial charge is 0.315 e. The van der Waals surface area contributed by atoms with Crippen LogP contribution in [-0.2, 0) is 0 Å². The Bertz CT molecular complexity index is 767. The lowest BCUT2D eigenvalue weighted by Gasteiger charge is -2.41. The van der Waals surface area contributed by atoms with Crippen LogP contribution >= 0.6 is 0 Å². The van der Waals surface area contributed by atoms with Gasteiger partial charge >= 0.3 is 6.03 Å². The third-order valence-corrected chi connectivity index (χ3v) is 5.40. The Morgan fingerprint density at radius 2 is 1.88 bits per heavy atom. The highest BCUT2D eigenvalue weighted by atomic mass is 16.3. The van der Waals surface area contributed by atoms with Crippen LogP contribution in [0.1, 0.15) is 57.9 Å². The Balaban J connectivity index is 1.55. The molecule has 5 nitrogen and oxygen atoms in total. The van der Waals surface area contributed by atoms with Crippen LogP contribution in [0.25, 0.3) is 11.0 Å². The van der Waals surface area contributed by atoms with Gasteiger partial charge in [-0.1, -0.05) is 18.2 Å². The summed E-state index contributed by atoms with van der Waals surface area (Å²) < 4.78 is 5.95. The van der Waals surface area contributed by atoms with E-state index in [0.29, 0.717) is 0 Å². The first-order valence-corrected chi connectivity index (χ1v) is 9.56. The highest BCUT2D eigenvalue weighted by Gasteiger charge is 2.28. The van der Waals surface area contributed by atoms with Crippen LogP contribution in [0.5, 0.6) is 0 Å². The summed E-state index contributed by atoms with van der Waals surface area (Å²) in [5.74, 6) is 0.823. The van der Waals surface area contributed by atoms with E-state index in [2.05, 4.69) is 36.3 Å². The summed E-state index contributed by atoms with van der Waals surface area (Å²) in [7, 11) is 0. The SMILES string of the molecule is Cc1c(C(C)NC(=O)NC2CCN(C(C)(C)C)CC2)oc2ccccc12. The molecule has 2 N–H and O–H groups in total. The molecule has 0 radical (unpaired) electrons. The number of nitrogens with one attached hydrogen (secondary N) is 2. The van der Waals surface area contributed by atoms with E-state index in [-0.39, 0.29) is 23.7 Å². The Kier molecular flexibility index (Phi) is 5.28. The Morgan fingerprint density at radius 3 is 2.50 bits per heavy atom. The van der Waals surface area contributed by atoms with Crippen LogP contribution < -0.4 is 10.6 Å². The molecule has 1 atom stereocenters. The summed E-state index contributed by atoms with van der Waals surface area (Å²) in [6.45, 7) is 12.8. The monoisotopic (exact) mass is 357 g/mol. The zero-order valence-electron chi connectivity index (χ0n) is 16.6. The van der Waals surface area contributed by atoms with Gasteiger partial charge in [-0.05, 0) is 53.5 Å². The Labute approximate surface area is 156 Å². The fourth-order valence-corrected chi connectivity index (χ4v) is 3.79. The molecule has 0 spiro atoms. The average Bonchev–Trinajstić information content (AvgIpc) is 2.92. The molecule has 1 aliphatic heterocycles. The molecule has 26 heavy (non-hydrogen) atoms. The molecule has 2 amide bonds. The minimum absolute atomic E-state index is 0.119. The molecule has 2 aromatic rings. The number of piperidine rings is 1. The molecule has 1 aliphatic rings. The van der Waals surface area contributed by atoms with E-state index in [4.69, 9.17) is 4.42 Å². The number of nitrogens with zero attached hydrogens (tertiary/aromatic N) is 1. The van der Waals surface area contributed by atoms with E-state index < -0.39 is 0 Å². The number of hydrogen-bond acceptors (Lipinski definition) is 3. The zero-order chi connectivity index (χ0) is 18.9.